The summed E-state index contributed by atoms with van der Waals surface area (Å²) in [5.41, 5.74) is 9.17. The predicted molar refractivity (Wildman–Crippen MR) is 92.4 cm³/mol. The fourth-order valence-electron chi connectivity index (χ4n) is 2.72. The molecule has 0 amide bonds. The van der Waals surface area contributed by atoms with Gasteiger partial charge in [-0.15, -0.1) is 5.10 Å². The standard InChI is InChI=1S/C16H16ClF2N5O/c17-11-7-12-15(13(14(11)19)16(20)22-23-21)24(5-6-25-12)8-9-1-3-10(18)4-2-9/h1-4,7,23H,5-6,8,21H2,(H2,20,22). The monoisotopic (exact) mass is 367 g/mol. The van der Waals surface area contributed by atoms with Crippen LogP contribution in [0.25, 0.3) is 0 Å². The molecule has 132 valence electrons. The number of nitrogens with one attached hydrogen (secondary N) is 1. The van der Waals surface area contributed by atoms with Gasteiger partial charge in [0, 0.05) is 12.6 Å². The van der Waals surface area contributed by atoms with E-state index in [1.54, 1.807) is 12.1 Å². The Hall–Kier alpha value is -2.58. The summed E-state index contributed by atoms with van der Waals surface area (Å²) in [6.45, 7) is 1.29. The first-order chi connectivity index (χ1) is 12.0. The molecule has 25 heavy (non-hydrogen) atoms. The van der Waals surface area contributed by atoms with Crippen molar-refractivity contribution in [3.63, 3.8) is 0 Å². The predicted octanol–water partition coefficient (Wildman–Crippen LogP) is 2.10. The largest absolute Gasteiger partial charge is 0.489 e. The van der Waals surface area contributed by atoms with Crippen molar-refractivity contribution in [2.24, 2.45) is 16.7 Å². The maximum absolute atomic E-state index is 14.6. The van der Waals surface area contributed by atoms with E-state index in [1.165, 1.54) is 18.2 Å². The molecule has 5 N–H and O–H groups in total. The average molecular weight is 368 g/mol. The number of anilines is 1. The van der Waals surface area contributed by atoms with E-state index < -0.39 is 5.82 Å². The third-order valence-corrected chi connectivity index (χ3v) is 4.10. The smallest absolute Gasteiger partial charge is 0.157 e. The van der Waals surface area contributed by atoms with Crippen molar-refractivity contribution in [1.29, 1.82) is 0 Å². The Kier molecular flexibility index (Phi) is 4.91. The fourth-order valence-corrected chi connectivity index (χ4v) is 2.92. The molecule has 1 aliphatic heterocycles. The Balaban J connectivity index is 2.08. The highest BCUT2D eigenvalue weighted by atomic mass is 35.5. The van der Waals surface area contributed by atoms with Gasteiger partial charge in [-0.05, 0) is 17.7 Å². The zero-order valence-corrected chi connectivity index (χ0v) is 13.9. The van der Waals surface area contributed by atoms with Crippen LogP contribution in [0.2, 0.25) is 5.02 Å². The number of nitrogens with two attached hydrogens (primary N) is 2. The lowest BCUT2D eigenvalue weighted by atomic mass is 10.1. The van der Waals surface area contributed by atoms with Crippen molar-refractivity contribution in [3.8, 4) is 5.75 Å². The zero-order valence-electron chi connectivity index (χ0n) is 13.1. The highest BCUT2D eigenvalue weighted by Crippen LogP contribution is 2.40. The van der Waals surface area contributed by atoms with E-state index in [0.29, 0.717) is 31.1 Å². The summed E-state index contributed by atoms with van der Waals surface area (Å²) in [6, 6.07) is 7.46. The number of halogens is 3. The summed E-state index contributed by atoms with van der Waals surface area (Å²) in [4.78, 5) is 1.87. The fraction of sp³-hybridized carbons (Fsp3) is 0.188. The topological polar surface area (TPSA) is 88.9 Å². The summed E-state index contributed by atoms with van der Waals surface area (Å²) < 4.78 is 33.3. The Bertz CT molecular complexity index is 813. The van der Waals surface area contributed by atoms with Crippen molar-refractivity contribution >= 4 is 23.1 Å². The average Bonchev–Trinajstić information content (AvgIpc) is 2.58. The number of rotatable bonds is 4. The van der Waals surface area contributed by atoms with Gasteiger partial charge in [0.25, 0.3) is 0 Å². The molecular formula is C16H16ClF2N5O. The van der Waals surface area contributed by atoms with Crippen LogP contribution in [-0.4, -0.2) is 19.0 Å². The van der Waals surface area contributed by atoms with Gasteiger partial charge in [0.2, 0.25) is 0 Å². The molecule has 1 heterocycles. The van der Waals surface area contributed by atoms with Crippen LogP contribution in [0, 0.1) is 11.6 Å². The van der Waals surface area contributed by atoms with E-state index in [2.05, 4.69) is 5.10 Å². The molecule has 0 bridgehead atoms. The summed E-state index contributed by atoms with van der Waals surface area (Å²) in [7, 11) is 0. The van der Waals surface area contributed by atoms with Crippen molar-refractivity contribution in [2.75, 3.05) is 18.1 Å². The quantitative estimate of drug-likeness (QED) is 0.333. The van der Waals surface area contributed by atoms with E-state index in [4.69, 9.17) is 27.9 Å². The summed E-state index contributed by atoms with van der Waals surface area (Å²) in [5, 5.41) is 3.52. The summed E-state index contributed by atoms with van der Waals surface area (Å²) in [6.07, 6.45) is 0. The van der Waals surface area contributed by atoms with Gasteiger partial charge in [0.1, 0.15) is 18.2 Å². The Morgan fingerprint density at radius 1 is 1.32 bits per heavy atom. The third kappa shape index (κ3) is 3.45. The van der Waals surface area contributed by atoms with Crippen LogP contribution in [0.15, 0.2) is 35.4 Å². The molecule has 0 saturated heterocycles. The Morgan fingerprint density at radius 3 is 2.72 bits per heavy atom. The van der Waals surface area contributed by atoms with Crippen molar-refractivity contribution < 1.29 is 13.5 Å². The van der Waals surface area contributed by atoms with Crippen LogP contribution >= 0.6 is 11.6 Å². The van der Waals surface area contributed by atoms with Gasteiger partial charge in [-0.25, -0.2) is 20.2 Å². The molecule has 3 rings (SSSR count). The molecule has 6 nitrogen and oxygen atoms in total. The van der Waals surface area contributed by atoms with Crippen molar-refractivity contribution in [3.05, 3.63) is 58.1 Å². The van der Waals surface area contributed by atoms with E-state index in [0.717, 1.165) is 5.56 Å². The van der Waals surface area contributed by atoms with Gasteiger partial charge in [0.05, 0.1) is 22.8 Å². The van der Waals surface area contributed by atoms with E-state index in [1.807, 2.05) is 10.4 Å². The summed E-state index contributed by atoms with van der Waals surface area (Å²) in [5.74, 6) is 4.34. The van der Waals surface area contributed by atoms with Crippen LogP contribution in [0.5, 0.6) is 5.75 Å². The minimum absolute atomic E-state index is 0.00209. The number of hydrogen-bond acceptors (Lipinski definition) is 5. The Labute approximate surface area is 148 Å². The lowest BCUT2D eigenvalue weighted by Crippen LogP contribution is -2.35. The van der Waals surface area contributed by atoms with E-state index in [-0.39, 0.29) is 22.2 Å². The van der Waals surface area contributed by atoms with E-state index >= 15 is 0 Å². The number of amidine groups is 1. The van der Waals surface area contributed by atoms with Crippen molar-refractivity contribution in [1.82, 2.24) is 5.53 Å². The first kappa shape index (κ1) is 17.2. The number of nitrogens with zero attached hydrogens (tertiary/aromatic N) is 2. The maximum atomic E-state index is 14.6. The van der Waals surface area contributed by atoms with Crippen LogP contribution in [0.1, 0.15) is 11.1 Å². The molecule has 0 saturated carbocycles. The first-order valence-electron chi connectivity index (χ1n) is 7.44. The van der Waals surface area contributed by atoms with Gasteiger partial charge >= 0.3 is 0 Å². The number of hydrazone groups is 1. The molecule has 9 heteroatoms. The molecule has 0 atom stereocenters. The Morgan fingerprint density at radius 2 is 2.04 bits per heavy atom. The maximum Gasteiger partial charge on any atom is 0.157 e. The second-order valence-corrected chi connectivity index (χ2v) is 5.82. The molecule has 0 fully saturated rings. The summed E-state index contributed by atoms with van der Waals surface area (Å²) >= 11 is 5.94. The molecule has 0 aliphatic carbocycles. The highest BCUT2D eigenvalue weighted by molar-refractivity contribution is 6.31. The molecule has 2 aromatic rings. The van der Waals surface area contributed by atoms with Crippen LogP contribution < -0.4 is 26.7 Å². The molecular weight excluding hydrogens is 352 g/mol. The number of ether oxygens (including phenoxy) is 1. The second kappa shape index (κ2) is 7.12. The second-order valence-electron chi connectivity index (χ2n) is 5.42. The number of hydrogen-bond donors (Lipinski definition) is 3. The van der Waals surface area contributed by atoms with Crippen LogP contribution in [0.4, 0.5) is 14.5 Å². The van der Waals surface area contributed by atoms with Gasteiger partial charge < -0.3 is 15.4 Å². The molecule has 0 unspecified atom stereocenters. The third-order valence-electron chi connectivity index (χ3n) is 3.82. The normalized spacial score (nSPS) is 14.1. The minimum Gasteiger partial charge on any atom is -0.489 e. The van der Waals surface area contributed by atoms with Crippen molar-refractivity contribution in [2.45, 2.75) is 6.54 Å². The van der Waals surface area contributed by atoms with Crippen LogP contribution in [0.3, 0.4) is 0 Å². The zero-order chi connectivity index (χ0) is 18.0. The molecule has 2 aromatic carbocycles. The minimum atomic E-state index is -0.716. The van der Waals surface area contributed by atoms with Gasteiger partial charge in [-0.1, -0.05) is 23.7 Å². The molecule has 0 radical (unpaired) electrons. The first-order valence-corrected chi connectivity index (χ1v) is 7.82. The van der Waals surface area contributed by atoms with Gasteiger partial charge in [0.15, 0.2) is 11.7 Å². The molecule has 0 spiro atoms. The molecule has 1 aliphatic rings. The lowest BCUT2D eigenvalue weighted by molar-refractivity contribution is 0.306. The molecule has 0 aromatic heterocycles. The van der Waals surface area contributed by atoms with Crippen LogP contribution in [-0.2, 0) is 6.54 Å². The SMILES string of the molecule is NN/N=C(\N)c1c(F)c(Cl)cc2c1N(Cc1ccc(F)cc1)CCO2. The lowest BCUT2D eigenvalue weighted by Gasteiger charge is -2.33. The number of hydrazine groups is 1. The number of benzene rings is 2. The number of fused-ring (bicyclic) bond motifs is 1. The highest BCUT2D eigenvalue weighted by Gasteiger charge is 2.28. The van der Waals surface area contributed by atoms with Gasteiger partial charge in [-0.3, -0.25) is 0 Å². The van der Waals surface area contributed by atoms with Gasteiger partial charge in [-0.2, -0.15) is 0 Å². The van der Waals surface area contributed by atoms with E-state index in [9.17, 15) is 8.78 Å².